The fourth-order valence-electron chi connectivity index (χ4n) is 1.61. The molecule has 0 N–H and O–H groups in total. The second kappa shape index (κ2) is 5.86. The van der Waals surface area contributed by atoms with Gasteiger partial charge in [-0.2, -0.15) is 4.73 Å². The van der Waals surface area contributed by atoms with Gasteiger partial charge in [0.25, 0.3) is 0 Å². The smallest absolute Gasteiger partial charge is 0.408 e. The number of nitrogens with zero attached hydrogens (tertiary/aromatic N) is 1. The zero-order valence-corrected chi connectivity index (χ0v) is 10.4. The summed E-state index contributed by atoms with van der Waals surface area (Å²) >= 11 is 0. The van der Waals surface area contributed by atoms with Gasteiger partial charge in [0, 0.05) is 6.07 Å². The predicted molar refractivity (Wildman–Crippen MR) is 67.5 cm³/mol. The van der Waals surface area contributed by atoms with Crippen LogP contribution >= 0.6 is 0 Å². The van der Waals surface area contributed by atoms with Gasteiger partial charge in [-0.1, -0.05) is 30.3 Å². The van der Waals surface area contributed by atoms with Crippen LogP contribution in [0.3, 0.4) is 0 Å². The van der Waals surface area contributed by atoms with E-state index in [9.17, 15) is 10.0 Å². The minimum absolute atomic E-state index is 0.152. The standard InChI is InChI=1S/C14H13NO4/c1-18-14(16)13-12(8-5-9-15(13)17)19-10-11-6-3-2-4-7-11/h2-9H,10H2,1H3. The Labute approximate surface area is 110 Å². The summed E-state index contributed by atoms with van der Waals surface area (Å²) in [5.74, 6) is -0.521. The summed E-state index contributed by atoms with van der Waals surface area (Å²) in [7, 11) is 1.22. The van der Waals surface area contributed by atoms with E-state index < -0.39 is 5.97 Å². The number of carbonyl (C=O) groups excluding carboxylic acids is 1. The third-order valence-corrected chi connectivity index (χ3v) is 2.54. The molecule has 0 aliphatic carbocycles. The molecule has 0 atom stereocenters. The monoisotopic (exact) mass is 259 g/mol. The molecule has 1 aromatic heterocycles. The Morgan fingerprint density at radius 2 is 1.95 bits per heavy atom. The van der Waals surface area contributed by atoms with Crippen LogP contribution in [-0.2, 0) is 11.3 Å². The SMILES string of the molecule is COC(=O)c1c(OCc2ccccc2)ccc[n+]1[O-]. The summed E-state index contributed by atoms with van der Waals surface area (Å²) < 4.78 is 10.5. The zero-order valence-electron chi connectivity index (χ0n) is 10.4. The summed E-state index contributed by atoms with van der Waals surface area (Å²) in [6, 6.07) is 12.5. The molecule has 5 nitrogen and oxygen atoms in total. The van der Waals surface area contributed by atoms with E-state index >= 15 is 0 Å². The number of pyridine rings is 1. The van der Waals surface area contributed by atoms with Crippen molar-refractivity contribution in [3.63, 3.8) is 0 Å². The maximum absolute atomic E-state index is 11.6. The Hall–Kier alpha value is -2.56. The number of hydrogen-bond donors (Lipinski definition) is 0. The fourth-order valence-corrected chi connectivity index (χ4v) is 1.61. The third-order valence-electron chi connectivity index (χ3n) is 2.54. The van der Waals surface area contributed by atoms with E-state index in [0.717, 1.165) is 5.56 Å². The summed E-state index contributed by atoms with van der Waals surface area (Å²) in [6.07, 6.45) is 1.22. The van der Waals surface area contributed by atoms with E-state index in [4.69, 9.17) is 4.74 Å². The molecule has 0 aliphatic rings. The maximum Gasteiger partial charge on any atom is 0.408 e. The molecule has 0 bridgehead atoms. The van der Waals surface area contributed by atoms with Gasteiger partial charge in [0.15, 0.2) is 6.20 Å². The van der Waals surface area contributed by atoms with Crippen LogP contribution in [-0.4, -0.2) is 13.1 Å². The number of ether oxygens (including phenoxy) is 2. The second-order valence-electron chi connectivity index (χ2n) is 3.81. The quantitative estimate of drug-likeness (QED) is 0.476. The molecule has 0 amide bonds. The van der Waals surface area contributed by atoms with Crippen LogP contribution in [0.5, 0.6) is 5.75 Å². The Kier molecular flexibility index (Phi) is 3.97. The second-order valence-corrected chi connectivity index (χ2v) is 3.81. The molecule has 5 heteroatoms. The van der Waals surface area contributed by atoms with Crippen molar-refractivity contribution in [2.75, 3.05) is 7.11 Å². The molecule has 1 aromatic carbocycles. The van der Waals surface area contributed by atoms with Crippen molar-refractivity contribution < 1.29 is 19.0 Å². The number of methoxy groups -OCH3 is 1. The molecule has 0 spiro atoms. The molecule has 98 valence electrons. The highest BCUT2D eigenvalue weighted by Gasteiger charge is 2.23. The van der Waals surface area contributed by atoms with E-state index in [1.165, 1.54) is 19.4 Å². The van der Waals surface area contributed by atoms with E-state index in [-0.39, 0.29) is 18.1 Å². The molecule has 2 aromatic rings. The van der Waals surface area contributed by atoms with Crippen LogP contribution < -0.4 is 9.47 Å². The fraction of sp³-hybridized carbons (Fsp3) is 0.143. The van der Waals surface area contributed by atoms with Crippen LogP contribution in [0.15, 0.2) is 48.7 Å². The van der Waals surface area contributed by atoms with Gasteiger partial charge in [-0.3, -0.25) is 0 Å². The Morgan fingerprint density at radius 3 is 2.63 bits per heavy atom. The van der Waals surface area contributed by atoms with E-state index in [0.29, 0.717) is 4.73 Å². The van der Waals surface area contributed by atoms with Crippen molar-refractivity contribution >= 4 is 5.97 Å². The highest BCUT2D eigenvalue weighted by Crippen LogP contribution is 2.16. The Balaban J connectivity index is 2.21. The molecule has 19 heavy (non-hydrogen) atoms. The van der Waals surface area contributed by atoms with Crippen LogP contribution in [0.1, 0.15) is 16.1 Å². The van der Waals surface area contributed by atoms with E-state index in [1.807, 2.05) is 30.3 Å². The molecule has 1 heterocycles. The molecule has 2 rings (SSSR count). The lowest BCUT2D eigenvalue weighted by Crippen LogP contribution is -2.35. The maximum atomic E-state index is 11.6. The van der Waals surface area contributed by atoms with Crippen molar-refractivity contribution in [3.05, 3.63) is 65.1 Å². The lowest BCUT2D eigenvalue weighted by molar-refractivity contribution is -0.608. The number of hydrogen-bond acceptors (Lipinski definition) is 4. The lowest BCUT2D eigenvalue weighted by atomic mass is 10.2. The van der Waals surface area contributed by atoms with Gasteiger partial charge in [-0.25, -0.2) is 4.79 Å². The molecule has 0 saturated carbocycles. The van der Waals surface area contributed by atoms with Gasteiger partial charge in [0.2, 0.25) is 5.75 Å². The first-order chi connectivity index (χ1) is 9.22. The summed E-state index contributed by atoms with van der Waals surface area (Å²) in [4.78, 5) is 11.5. The minimum Gasteiger partial charge on any atom is -0.618 e. The Bertz CT molecular complexity index is 569. The van der Waals surface area contributed by atoms with Crippen molar-refractivity contribution in [1.29, 1.82) is 0 Å². The third kappa shape index (κ3) is 3.01. The minimum atomic E-state index is -0.723. The van der Waals surface area contributed by atoms with E-state index in [1.54, 1.807) is 6.07 Å². The molecule has 0 radical (unpaired) electrons. The van der Waals surface area contributed by atoms with Crippen molar-refractivity contribution in [2.24, 2.45) is 0 Å². The Morgan fingerprint density at radius 1 is 1.21 bits per heavy atom. The first-order valence-electron chi connectivity index (χ1n) is 5.69. The lowest BCUT2D eigenvalue weighted by Gasteiger charge is -2.09. The zero-order chi connectivity index (χ0) is 13.7. The van der Waals surface area contributed by atoms with Crippen LogP contribution in [0, 0.1) is 5.21 Å². The number of esters is 1. The summed E-state index contributed by atoms with van der Waals surface area (Å²) in [6.45, 7) is 0.273. The van der Waals surface area contributed by atoms with Crippen molar-refractivity contribution in [2.45, 2.75) is 6.61 Å². The predicted octanol–water partition coefficient (Wildman–Crippen LogP) is 1.69. The van der Waals surface area contributed by atoms with Gasteiger partial charge in [-0.05, 0) is 11.6 Å². The molecular formula is C14H13NO4. The van der Waals surface area contributed by atoms with E-state index in [2.05, 4.69) is 4.74 Å². The van der Waals surface area contributed by atoms with Crippen molar-refractivity contribution in [3.8, 4) is 5.75 Å². The van der Waals surface area contributed by atoms with Gasteiger partial charge in [-0.15, -0.1) is 0 Å². The van der Waals surface area contributed by atoms with Gasteiger partial charge in [0.1, 0.15) is 6.61 Å². The highest BCUT2D eigenvalue weighted by atomic mass is 16.5. The van der Waals surface area contributed by atoms with Crippen molar-refractivity contribution in [1.82, 2.24) is 0 Å². The number of carbonyl (C=O) groups is 1. The first-order valence-corrected chi connectivity index (χ1v) is 5.69. The molecule has 0 saturated heterocycles. The average molecular weight is 259 g/mol. The van der Waals surface area contributed by atoms with Gasteiger partial charge in [0.05, 0.1) is 7.11 Å². The largest absolute Gasteiger partial charge is 0.618 e. The van der Waals surface area contributed by atoms with Crippen LogP contribution in [0.25, 0.3) is 0 Å². The number of rotatable bonds is 4. The van der Waals surface area contributed by atoms with Crippen LogP contribution in [0.4, 0.5) is 0 Å². The van der Waals surface area contributed by atoms with Crippen LogP contribution in [0.2, 0.25) is 0 Å². The molecule has 0 unspecified atom stereocenters. The first kappa shape index (κ1) is 12.9. The highest BCUT2D eigenvalue weighted by molar-refractivity contribution is 5.88. The summed E-state index contributed by atoms with van der Waals surface area (Å²) in [5.41, 5.74) is 0.792. The number of aromatic nitrogens is 1. The molecule has 0 fully saturated rings. The van der Waals surface area contributed by atoms with Gasteiger partial charge < -0.3 is 14.7 Å². The van der Waals surface area contributed by atoms with Gasteiger partial charge >= 0.3 is 11.7 Å². The average Bonchev–Trinajstić information content (AvgIpc) is 2.45. The topological polar surface area (TPSA) is 62.5 Å². The summed E-state index contributed by atoms with van der Waals surface area (Å²) in [5, 5.41) is 11.6. The molecule has 0 aliphatic heterocycles. The normalized spacial score (nSPS) is 9.95. The molecular weight excluding hydrogens is 246 g/mol. The number of benzene rings is 1.